The molecule has 0 atom stereocenters. The number of benzene rings is 2. The van der Waals surface area contributed by atoms with Gasteiger partial charge in [0.05, 0.1) is 16.8 Å². The first kappa shape index (κ1) is 12.8. The molecule has 2 N–H and O–H groups in total. The van der Waals surface area contributed by atoms with Crippen LogP contribution in [0.3, 0.4) is 0 Å². The summed E-state index contributed by atoms with van der Waals surface area (Å²) in [6, 6.07) is 14.6. The molecule has 0 unspecified atom stereocenters. The number of hydrogen-bond acceptors (Lipinski definition) is 4. The smallest absolute Gasteiger partial charge is 0.108 e. The van der Waals surface area contributed by atoms with Crippen molar-refractivity contribution in [2.45, 2.75) is 19.5 Å². The van der Waals surface area contributed by atoms with Crippen molar-refractivity contribution in [3.8, 4) is 0 Å². The van der Waals surface area contributed by atoms with E-state index < -0.39 is 0 Å². The van der Waals surface area contributed by atoms with E-state index in [0.29, 0.717) is 0 Å². The lowest BCUT2D eigenvalue weighted by Crippen LogP contribution is -2.30. The van der Waals surface area contributed by atoms with Crippen LogP contribution in [0.15, 0.2) is 42.5 Å². The zero-order valence-corrected chi connectivity index (χ0v) is 12.6. The molecule has 2 heterocycles. The molecule has 0 aliphatic carbocycles. The predicted octanol–water partition coefficient (Wildman–Crippen LogP) is 3.44. The van der Waals surface area contributed by atoms with Crippen molar-refractivity contribution in [3.05, 3.63) is 58.6 Å². The molecule has 1 aromatic heterocycles. The van der Waals surface area contributed by atoms with E-state index in [1.807, 2.05) is 12.1 Å². The first-order chi connectivity index (χ1) is 10.3. The molecule has 0 radical (unpaired) electrons. The van der Waals surface area contributed by atoms with Crippen molar-refractivity contribution in [1.82, 2.24) is 9.88 Å². The van der Waals surface area contributed by atoms with E-state index in [4.69, 9.17) is 10.7 Å². The lowest BCUT2D eigenvalue weighted by molar-refractivity contribution is 0.245. The van der Waals surface area contributed by atoms with Gasteiger partial charge in [-0.15, -0.1) is 11.3 Å². The zero-order chi connectivity index (χ0) is 14.2. The number of hydrogen-bond donors (Lipinski definition) is 1. The van der Waals surface area contributed by atoms with Crippen LogP contribution in [0.25, 0.3) is 10.2 Å². The molecule has 0 saturated heterocycles. The van der Waals surface area contributed by atoms with Crippen LogP contribution in [0, 0.1) is 0 Å². The summed E-state index contributed by atoms with van der Waals surface area (Å²) in [5.74, 6) is 0. The fraction of sp³-hybridized carbons (Fsp3) is 0.235. The summed E-state index contributed by atoms with van der Waals surface area (Å²) in [5, 5.41) is 1.20. The second-order valence-electron chi connectivity index (χ2n) is 5.52. The molecule has 21 heavy (non-hydrogen) atoms. The Morgan fingerprint density at radius 1 is 1.14 bits per heavy atom. The summed E-state index contributed by atoms with van der Waals surface area (Å²) in [6.07, 6.45) is 1.03. The monoisotopic (exact) mass is 295 g/mol. The standard InChI is InChI=1S/C17H17N3S/c18-14-5-3-4-12-10-20(9-8-13(12)14)11-17-19-15-6-1-2-7-16(15)21-17/h1-7H,8-11,18H2. The molecule has 1 aliphatic heterocycles. The molecule has 0 fully saturated rings. The molecular formula is C17H17N3S. The normalized spacial score (nSPS) is 15.2. The Hall–Kier alpha value is -1.91. The summed E-state index contributed by atoms with van der Waals surface area (Å²) in [6.45, 7) is 2.95. The molecule has 3 aromatic rings. The van der Waals surface area contributed by atoms with Gasteiger partial charge in [0.15, 0.2) is 0 Å². The van der Waals surface area contributed by atoms with Gasteiger partial charge in [-0.1, -0.05) is 24.3 Å². The number of aromatic nitrogens is 1. The molecule has 4 heteroatoms. The third-order valence-electron chi connectivity index (χ3n) is 4.08. The SMILES string of the molecule is Nc1cccc2c1CCN(Cc1nc3ccccc3s1)C2. The molecule has 2 aromatic carbocycles. The van der Waals surface area contributed by atoms with Crippen molar-refractivity contribution in [3.63, 3.8) is 0 Å². The average molecular weight is 295 g/mol. The Labute approximate surface area is 128 Å². The fourth-order valence-electron chi connectivity index (χ4n) is 3.01. The van der Waals surface area contributed by atoms with Crippen LogP contribution in [0.2, 0.25) is 0 Å². The predicted molar refractivity (Wildman–Crippen MR) is 88.3 cm³/mol. The Bertz CT molecular complexity index is 761. The second-order valence-corrected chi connectivity index (χ2v) is 6.64. The van der Waals surface area contributed by atoms with Crippen LogP contribution >= 0.6 is 11.3 Å². The second kappa shape index (κ2) is 5.13. The first-order valence-corrected chi connectivity index (χ1v) is 8.04. The summed E-state index contributed by atoms with van der Waals surface area (Å²) < 4.78 is 1.27. The Kier molecular flexibility index (Phi) is 3.13. The molecule has 3 nitrogen and oxygen atoms in total. The zero-order valence-electron chi connectivity index (χ0n) is 11.7. The van der Waals surface area contributed by atoms with Gasteiger partial charge in [0, 0.05) is 18.8 Å². The number of thiazole rings is 1. The maximum atomic E-state index is 6.06. The van der Waals surface area contributed by atoms with E-state index in [2.05, 4.69) is 35.2 Å². The maximum absolute atomic E-state index is 6.06. The highest BCUT2D eigenvalue weighted by atomic mass is 32.1. The maximum Gasteiger partial charge on any atom is 0.108 e. The van der Waals surface area contributed by atoms with Crippen LogP contribution in [0.5, 0.6) is 0 Å². The van der Waals surface area contributed by atoms with Crippen molar-refractivity contribution >= 4 is 27.2 Å². The Morgan fingerprint density at radius 3 is 2.95 bits per heavy atom. The molecule has 4 rings (SSSR count). The minimum Gasteiger partial charge on any atom is -0.398 e. The molecule has 0 amide bonds. The van der Waals surface area contributed by atoms with Gasteiger partial charge in [-0.25, -0.2) is 4.98 Å². The molecule has 0 saturated carbocycles. The minimum absolute atomic E-state index is 0.924. The van der Waals surface area contributed by atoms with Gasteiger partial charge in [0.1, 0.15) is 5.01 Å². The molecule has 106 valence electrons. The van der Waals surface area contributed by atoms with E-state index in [1.54, 1.807) is 11.3 Å². The number of para-hydroxylation sites is 1. The summed E-state index contributed by atoms with van der Waals surface area (Å²) >= 11 is 1.80. The summed E-state index contributed by atoms with van der Waals surface area (Å²) in [5.41, 5.74) is 10.8. The summed E-state index contributed by atoms with van der Waals surface area (Å²) in [7, 11) is 0. The van der Waals surface area contributed by atoms with E-state index in [0.717, 1.165) is 37.3 Å². The lowest BCUT2D eigenvalue weighted by Gasteiger charge is -2.28. The lowest BCUT2D eigenvalue weighted by atomic mass is 9.98. The number of nitrogens with zero attached hydrogens (tertiary/aromatic N) is 2. The van der Waals surface area contributed by atoms with Crippen molar-refractivity contribution in [1.29, 1.82) is 0 Å². The number of nitrogens with two attached hydrogens (primary N) is 1. The molecule has 0 spiro atoms. The summed E-state index contributed by atoms with van der Waals surface area (Å²) in [4.78, 5) is 7.19. The van der Waals surface area contributed by atoms with E-state index in [-0.39, 0.29) is 0 Å². The first-order valence-electron chi connectivity index (χ1n) is 7.22. The number of anilines is 1. The number of fused-ring (bicyclic) bond motifs is 2. The van der Waals surface area contributed by atoms with Gasteiger partial charge in [-0.2, -0.15) is 0 Å². The van der Waals surface area contributed by atoms with Crippen molar-refractivity contribution in [2.24, 2.45) is 0 Å². The van der Waals surface area contributed by atoms with E-state index in [9.17, 15) is 0 Å². The fourth-order valence-corrected chi connectivity index (χ4v) is 4.02. The van der Waals surface area contributed by atoms with Crippen LogP contribution in [0.1, 0.15) is 16.1 Å². The van der Waals surface area contributed by atoms with Gasteiger partial charge in [0.2, 0.25) is 0 Å². The van der Waals surface area contributed by atoms with Gasteiger partial charge in [0.25, 0.3) is 0 Å². The largest absolute Gasteiger partial charge is 0.398 e. The van der Waals surface area contributed by atoms with Crippen LogP contribution in [0.4, 0.5) is 5.69 Å². The van der Waals surface area contributed by atoms with Gasteiger partial charge in [-0.3, -0.25) is 4.90 Å². The molecular weight excluding hydrogens is 278 g/mol. The topological polar surface area (TPSA) is 42.1 Å². The highest BCUT2D eigenvalue weighted by Gasteiger charge is 2.19. The van der Waals surface area contributed by atoms with Gasteiger partial charge >= 0.3 is 0 Å². The molecule has 0 bridgehead atoms. The quantitative estimate of drug-likeness (QED) is 0.736. The highest BCUT2D eigenvalue weighted by Crippen LogP contribution is 2.27. The van der Waals surface area contributed by atoms with Crippen LogP contribution in [-0.4, -0.2) is 16.4 Å². The minimum atomic E-state index is 0.924. The van der Waals surface area contributed by atoms with Crippen LogP contribution in [-0.2, 0) is 19.5 Å². The van der Waals surface area contributed by atoms with Crippen molar-refractivity contribution in [2.75, 3.05) is 12.3 Å². The number of rotatable bonds is 2. The van der Waals surface area contributed by atoms with E-state index in [1.165, 1.54) is 20.8 Å². The van der Waals surface area contributed by atoms with Gasteiger partial charge in [-0.05, 0) is 35.7 Å². The Morgan fingerprint density at radius 2 is 2.05 bits per heavy atom. The number of nitrogen functional groups attached to an aromatic ring is 1. The Balaban J connectivity index is 1.56. The van der Waals surface area contributed by atoms with Crippen LogP contribution < -0.4 is 5.73 Å². The third kappa shape index (κ3) is 2.41. The third-order valence-corrected chi connectivity index (χ3v) is 5.10. The van der Waals surface area contributed by atoms with Crippen molar-refractivity contribution < 1.29 is 0 Å². The molecule has 1 aliphatic rings. The van der Waals surface area contributed by atoms with Gasteiger partial charge < -0.3 is 5.73 Å². The van der Waals surface area contributed by atoms with E-state index >= 15 is 0 Å². The average Bonchev–Trinajstić information content (AvgIpc) is 2.89. The highest BCUT2D eigenvalue weighted by molar-refractivity contribution is 7.18.